The second-order valence-corrected chi connectivity index (χ2v) is 8.71. The molecule has 31 heavy (non-hydrogen) atoms. The van der Waals surface area contributed by atoms with Crippen molar-refractivity contribution in [2.24, 2.45) is 5.92 Å². The summed E-state index contributed by atoms with van der Waals surface area (Å²) in [5.74, 6) is -0.152. The maximum absolute atomic E-state index is 14.0. The van der Waals surface area contributed by atoms with Crippen molar-refractivity contribution in [2.45, 2.75) is 25.9 Å². The normalized spacial score (nSPS) is 18.2. The second kappa shape index (κ2) is 10.4. The molecule has 0 bridgehead atoms. The fourth-order valence-electron chi connectivity index (χ4n) is 4.22. The predicted octanol–water partition coefficient (Wildman–Crippen LogP) is 3.84. The van der Waals surface area contributed by atoms with Crippen LogP contribution >= 0.6 is 11.6 Å². The van der Waals surface area contributed by atoms with Crippen LogP contribution in [0.1, 0.15) is 24.0 Å². The van der Waals surface area contributed by atoms with Crippen LogP contribution in [-0.2, 0) is 22.6 Å². The van der Waals surface area contributed by atoms with Crippen LogP contribution in [-0.4, -0.2) is 50.2 Å². The Hall–Kier alpha value is -2.15. The quantitative estimate of drug-likeness (QED) is 0.733. The zero-order chi connectivity index (χ0) is 21.6. The molecule has 0 unspecified atom stereocenters. The van der Waals surface area contributed by atoms with Crippen molar-refractivity contribution < 1.29 is 13.9 Å². The van der Waals surface area contributed by atoms with E-state index in [-0.39, 0.29) is 17.6 Å². The molecule has 7 heteroatoms. The average Bonchev–Trinajstić information content (AvgIpc) is 2.81. The van der Waals surface area contributed by atoms with Crippen LogP contribution in [0.15, 0.2) is 42.5 Å². The van der Waals surface area contributed by atoms with E-state index in [2.05, 4.69) is 39.4 Å². The number of likely N-dealkylation sites (tertiary alicyclic amines) is 1. The molecule has 2 aromatic rings. The minimum atomic E-state index is -0.271. The lowest BCUT2D eigenvalue weighted by Crippen LogP contribution is -2.40. The summed E-state index contributed by atoms with van der Waals surface area (Å²) in [7, 11) is 0. The monoisotopic (exact) mass is 445 g/mol. The number of hydrogen-bond acceptors (Lipinski definition) is 4. The van der Waals surface area contributed by atoms with Crippen molar-refractivity contribution in [3.05, 3.63) is 64.4 Å². The zero-order valence-corrected chi connectivity index (χ0v) is 18.4. The number of anilines is 1. The molecule has 0 atom stereocenters. The first-order chi connectivity index (χ1) is 15.1. The number of halogens is 2. The van der Waals surface area contributed by atoms with E-state index in [0.717, 1.165) is 57.8 Å². The molecular formula is C24H29ClFN3O2. The van der Waals surface area contributed by atoms with E-state index in [4.69, 9.17) is 16.3 Å². The molecule has 2 saturated heterocycles. The van der Waals surface area contributed by atoms with Crippen molar-refractivity contribution in [3.63, 3.8) is 0 Å². The Kier molecular flexibility index (Phi) is 7.43. The molecule has 2 aliphatic heterocycles. The van der Waals surface area contributed by atoms with Gasteiger partial charge in [0, 0.05) is 48.4 Å². The van der Waals surface area contributed by atoms with E-state index in [1.54, 1.807) is 12.1 Å². The van der Waals surface area contributed by atoms with Gasteiger partial charge in [0.15, 0.2) is 0 Å². The number of benzene rings is 2. The largest absolute Gasteiger partial charge is 0.378 e. The van der Waals surface area contributed by atoms with Crippen LogP contribution < -0.4 is 10.2 Å². The highest BCUT2D eigenvalue weighted by Gasteiger charge is 2.25. The topological polar surface area (TPSA) is 44.8 Å². The maximum atomic E-state index is 14.0. The predicted molar refractivity (Wildman–Crippen MR) is 121 cm³/mol. The van der Waals surface area contributed by atoms with E-state index in [1.165, 1.54) is 11.8 Å². The van der Waals surface area contributed by atoms with Gasteiger partial charge in [-0.3, -0.25) is 9.69 Å². The average molecular weight is 446 g/mol. The molecule has 2 aromatic carbocycles. The molecule has 0 aliphatic carbocycles. The summed E-state index contributed by atoms with van der Waals surface area (Å²) in [6.07, 6.45) is 1.58. The van der Waals surface area contributed by atoms with Crippen LogP contribution in [0.5, 0.6) is 0 Å². The first kappa shape index (κ1) is 22.1. The van der Waals surface area contributed by atoms with E-state index >= 15 is 0 Å². The molecule has 1 amide bonds. The summed E-state index contributed by atoms with van der Waals surface area (Å²) in [5.41, 5.74) is 2.94. The number of hydrogen-bond donors (Lipinski definition) is 1. The molecule has 0 spiro atoms. The summed E-state index contributed by atoms with van der Waals surface area (Å²) in [5, 5.41) is 3.49. The number of morpholine rings is 1. The first-order valence-corrected chi connectivity index (χ1v) is 11.3. The number of ether oxygens (including phenoxy) is 1. The smallest absolute Gasteiger partial charge is 0.223 e. The third-order valence-corrected chi connectivity index (χ3v) is 6.38. The van der Waals surface area contributed by atoms with Gasteiger partial charge in [-0.15, -0.1) is 0 Å². The van der Waals surface area contributed by atoms with Crippen LogP contribution in [0.4, 0.5) is 10.1 Å². The molecule has 2 aliphatic rings. The first-order valence-electron chi connectivity index (χ1n) is 10.9. The van der Waals surface area contributed by atoms with Gasteiger partial charge in [0.1, 0.15) is 5.82 Å². The van der Waals surface area contributed by atoms with Gasteiger partial charge in [-0.05, 0) is 55.8 Å². The van der Waals surface area contributed by atoms with Crippen molar-refractivity contribution in [1.29, 1.82) is 0 Å². The molecule has 4 rings (SSSR count). The van der Waals surface area contributed by atoms with Gasteiger partial charge in [0.05, 0.1) is 13.2 Å². The van der Waals surface area contributed by atoms with Gasteiger partial charge in [-0.1, -0.05) is 29.8 Å². The third-order valence-electron chi connectivity index (χ3n) is 6.15. The summed E-state index contributed by atoms with van der Waals surface area (Å²) in [6.45, 7) is 6.03. The van der Waals surface area contributed by atoms with E-state index in [0.29, 0.717) is 23.7 Å². The summed E-state index contributed by atoms with van der Waals surface area (Å²) in [4.78, 5) is 17.1. The Bertz CT molecular complexity index is 879. The minimum absolute atomic E-state index is 0.0129. The molecule has 1 N–H and O–H groups in total. The lowest BCUT2D eigenvalue weighted by atomic mass is 9.95. The number of amides is 1. The minimum Gasteiger partial charge on any atom is -0.378 e. The number of nitrogens with zero attached hydrogens (tertiary/aromatic N) is 2. The van der Waals surface area contributed by atoms with Crippen LogP contribution in [0.2, 0.25) is 5.02 Å². The number of nitrogens with one attached hydrogen (secondary N) is 1. The van der Waals surface area contributed by atoms with Gasteiger partial charge < -0.3 is 15.0 Å². The van der Waals surface area contributed by atoms with Crippen LogP contribution in [0, 0.1) is 11.7 Å². The van der Waals surface area contributed by atoms with Crippen LogP contribution in [0.3, 0.4) is 0 Å². The second-order valence-electron chi connectivity index (χ2n) is 8.27. The van der Waals surface area contributed by atoms with E-state index < -0.39 is 0 Å². The Labute approximate surface area is 188 Å². The Balaban J connectivity index is 1.21. The number of rotatable bonds is 6. The van der Waals surface area contributed by atoms with Crippen molar-refractivity contribution in [2.75, 3.05) is 44.3 Å². The Morgan fingerprint density at radius 1 is 1.06 bits per heavy atom. The molecule has 5 nitrogen and oxygen atoms in total. The molecule has 0 aromatic heterocycles. The SMILES string of the molecule is O=C(NCc1ccc(N2CCOCC2)cc1)C1CCN(Cc2ccc(Cl)cc2F)CC1. The molecular weight excluding hydrogens is 417 g/mol. The molecule has 0 radical (unpaired) electrons. The molecule has 2 heterocycles. The van der Waals surface area contributed by atoms with E-state index in [1.807, 2.05) is 0 Å². The molecule has 2 fully saturated rings. The number of piperidine rings is 1. The lowest BCUT2D eigenvalue weighted by molar-refractivity contribution is -0.126. The maximum Gasteiger partial charge on any atom is 0.223 e. The Morgan fingerprint density at radius 2 is 1.77 bits per heavy atom. The third kappa shape index (κ3) is 5.97. The molecule has 0 saturated carbocycles. The van der Waals surface area contributed by atoms with Gasteiger partial charge in [-0.25, -0.2) is 4.39 Å². The highest BCUT2D eigenvalue weighted by molar-refractivity contribution is 6.30. The van der Waals surface area contributed by atoms with Crippen LogP contribution in [0.25, 0.3) is 0 Å². The standard InChI is InChI=1S/C24H29ClFN3O2/c25-21-4-3-20(23(26)15-21)17-28-9-7-19(8-10-28)24(30)27-16-18-1-5-22(6-2-18)29-11-13-31-14-12-29/h1-6,15,19H,7-14,16-17H2,(H,27,30). The van der Waals surface area contributed by atoms with Gasteiger partial charge >= 0.3 is 0 Å². The van der Waals surface area contributed by atoms with Crippen molar-refractivity contribution in [3.8, 4) is 0 Å². The fraction of sp³-hybridized carbons (Fsp3) is 0.458. The van der Waals surface area contributed by atoms with Gasteiger partial charge in [-0.2, -0.15) is 0 Å². The summed E-state index contributed by atoms with van der Waals surface area (Å²) >= 11 is 5.83. The summed E-state index contributed by atoms with van der Waals surface area (Å²) < 4.78 is 19.4. The molecule has 166 valence electrons. The lowest BCUT2D eigenvalue weighted by Gasteiger charge is -2.31. The van der Waals surface area contributed by atoms with E-state index in [9.17, 15) is 9.18 Å². The van der Waals surface area contributed by atoms with Crippen molar-refractivity contribution in [1.82, 2.24) is 10.2 Å². The number of carbonyl (C=O) groups excluding carboxylic acids is 1. The Morgan fingerprint density at radius 3 is 2.45 bits per heavy atom. The van der Waals surface area contributed by atoms with Crippen molar-refractivity contribution >= 4 is 23.2 Å². The zero-order valence-electron chi connectivity index (χ0n) is 17.7. The number of carbonyl (C=O) groups is 1. The summed E-state index contributed by atoms with van der Waals surface area (Å²) in [6, 6.07) is 13.2. The highest BCUT2D eigenvalue weighted by Crippen LogP contribution is 2.22. The highest BCUT2D eigenvalue weighted by atomic mass is 35.5. The fourth-order valence-corrected chi connectivity index (χ4v) is 4.38. The van der Waals surface area contributed by atoms with Gasteiger partial charge in [0.25, 0.3) is 0 Å². The van der Waals surface area contributed by atoms with Gasteiger partial charge in [0.2, 0.25) is 5.91 Å².